The van der Waals surface area contributed by atoms with Crippen LogP contribution in [-0.2, 0) is 22.6 Å². The molecule has 4 rings (SSSR count). The number of nitrogens with zero attached hydrogens (tertiary/aromatic N) is 3. The van der Waals surface area contributed by atoms with Crippen molar-refractivity contribution in [2.24, 2.45) is 0 Å². The molecule has 2 heterocycles. The van der Waals surface area contributed by atoms with Gasteiger partial charge < -0.3 is 4.74 Å². The highest BCUT2D eigenvalue weighted by Crippen LogP contribution is 2.23. The summed E-state index contributed by atoms with van der Waals surface area (Å²) in [6, 6.07) is 24.0. The Hall–Kier alpha value is -2.68. The van der Waals surface area contributed by atoms with Gasteiger partial charge in [-0.15, -0.1) is 0 Å². The van der Waals surface area contributed by atoms with Crippen molar-refractivity contribution < 1.29 is 9.53 Å². The van der Waals surface area contributed by atoms with E-state index in [4.69, 9.17) is 10.00 Å². The van der Waals surface area contributed by atoms with Gasteiger partial charge in [-0.3, -0.25) is 14.6 Å². The van der Waals surface area contributed by atoms with E-state index in [-0.39, 0.29) is 5.97 Å². The number of hydrogen-bond acceptors (Lipinski definition) is 5. The van der Waals surface area contributed by atoms with Crippen molar-refractivity contribution in [1.82, 2.24) is 9.80 Å². The van der Waals surface area contributed by atoms with E-state index in [0.717, 1.165) is 32.6 Å². The number of rotatable bonds is 7. The van der Waals surface area contributed by atoms with Crippen LogP contribution in [0.4, 0.5) is 0 Å². The van der Waals surface area contributed by atoms with Crippen LogP contribution in [0, 0.1) is 11.3 Å². The zero-order chi connectivity index (χ0) is 22.6. The summed E-state index contributed by atoms with van der Waals surface area (Å²) in [4.78, 5) is 16.1. The van der Waals surface area contributed by atoms with Crippen molar-refractivity contribution in [3.05, 3.63) is 71.8 Å². The van der Waals surface area contributed by atoms with Gasteiger partial charge in [0.05, 0.1) is 26.0 Å². The predicted molar refractivity (Wildman–Crippen MR) is 127 cm³/mol. The number of esters is 1. The molecule has 5 heteroatoms. The second-order valence-electron chi connectivity index (χ2n) is 8.65. The van der Waals surface area contributed by atoms with Crippen molar-refractivity contribution in [3.63, 3.8) is 0 Å². The van der Waals surface area contributed by atoms with Gasteiger partial charge in [0.15, 0.2) is 0 Å². The molecule has 0 saturated carbocycles. The van der Waals surface area contributed by atoms with Gasteiger partial charge in [-0.05, 0) is 49.9 Å². The third-order valence-electron chi connectivity index (χ3n) is 6.41. The molecule has 2 saturated heterocycles. The maximum Gasteiger partial charge on any atom is 0.307 e. The van der Waals surface area contributed by atoms with E-state index in [9.17, 15) is 4.79 Å². The third kappa shape index (κ3) is 7.47. The molecule has 0 radical (unpaired) electrons. The lowest BCUT2D eigenvalue weighted by Crippen LogP contribution is -2.31. The molecule has 0 bridgehead atoms. The quantitative estimate of drug-likeness (QED) is 0.588. The molecule has 2 aliphatic heterocycles. The fourth-order valence-corrected chi connectivity index (χ4v) is 4.69. The van der Waals surface area contributed by atoms with Crippen molar-refractivity contribution >= 4 is 5.97 Å². The molecule has 0 spiro atoms. The van der Waals surface area contributed by atoms with Gasteiger partial charge in [0.2, 0.25) is 0 Å². The van der Waals surface area contributed by atoms with Gasteiger partial charge >= 0.3 is 5.97 Å². The maximum absolute atomic E-state index is 11.3. The van der Waals surface area contributed by atoms with Crippen LogP contribution in [0.25, 0.3) is 0 Å². The first-order chi connectivity index (χ1) is 15.7. The summed E-state index contributed by atoms with van der Waals surface area (Å²) in [6.45, 7) is 4.15. The first-order valence-electron chi connectivity index (χ1n) is 11.7. The number of ether oxygens (including phenoxy) is 1. The van der Waals surface area contributed by atoms with E-state index in [2.05, 4.69) is 64.4 Å². The number of likely N-dealkylation sites (tertiary alicyclic amines) is 2. The second-order valence-corrected chi connectivity index (χ2v) is 8.65. The van der Waals surface area contributed by atoms with Crippen LogP contribution in [0.15, 0.2) is 60.7 Å². The van der Waals surface area contributed by atoms with Crippen LogP contribution in [-0.4, -0.2) is 48.1 Å². The first-order valence-corrected chi connectivity index (χ1v) is 11.7. The van der Waals surface area contributed by atoms with Crippen molar-refractivity contribution in [2.75, 3.05) is 20.2 Å². The monoisotopic (exact) mass is 433 g/mol. The summed E-state index contributed by atoms with van der Waals surface area (Å²) >= 11 is 0. The minimum atomic E-state index is -0.102. The lowest BCUT2D eigenvalue weighted by Gasteiger charge is -2.23. The van der Waals surface area contributed by atoms with Crippen LogP contribution >= 0.6 is 0 Å². The van der Waals surface area contributed by atoms with Crippen molar-refractivity contribution in [2.45, 2.75) is 63.7 Å². The molecule has 0 unspecified atom stereocenters. The van der Waals surface area contributed by atoms with Gasteiger partial charge in [0.25, 0.3) is 0 Å². The van der Waals surface area contributed by atoms with E-state index in [1.165, 1.54) is 37.5 Å². The Morgan fingerprint density at radius 2 is 1.41 bits per heavy atom. The normalized spacial score (nSPS) is 20.9. The molecule has 2 aliphatic rings. The van der Waals surface area contributed by atoms with Gasteiger partial charge in [0.1, 0.15) is 0 Å². The first kappa shape index (κ1) is 24.0. The highest BCUT2D eigenvalue weighted by atomic mass is 16.5. The summed E-state index contributed by atoms with van der Waals surface area (Å²) < 4.78 is 4.75. The maximum atomic E-state index is 11.3. The predicted octanol–water partition coefficient (Wildman–Crippen LogP) is 4.78. The molecule has 0 N–H and O–H groups in total. The molecule has 32 heavy (non-hydrogen) atoms. The van der Waals surface area contributed by atoms with E-state index in [1.807, 2.05) is 12.1 Å². The van der Waals surface area contributed by atoms with E-state index in [0.29, 0.717) is 24.9 Å². The summed E-state index contributed by atoms with van der Waals surface area (Å²) in [5.74, 6) is -0.102. The highest BCUT2D eigenvalue weighted by molar-refractivity contribution is 5.69. The Labute approximate surface area is 192 Å². The van der Waals surface area contributed by atoms with Gasteiger partial charge in [-0.2, -0.15) is 5.26 Å². The van der Waals surface area contributed by atoms with Crippen molar-refractivity contribution in [3.8, 4) is 6.07 Å². The van der Waals surface area contributed by atoms with Crippen LogP contribution in [0.3, 0.4) is 0 Å². The smallest absolute Gasteiger partial charge is 0.307 e. The third-order valence-corrected chi connectivity index (χ3v) is 6.41. The molecular weight excluding hydrogens is 398 g/mol. The topological polar surface area (TPSA) is 56.6 Å². The number of hydrogen-bond donors (Lipinski definition) is 0. The summed E-state index contributed by atoms with van der Waals surface area (Å²) in [5, 5.41) is 8.73. The Balaban J connectivity index is 0.000000182. The van der Waals surface area contributed by atoms with Crippen molar-refractivity contribution in [1.29, 1.82) is 5.26 Å². The molecule has 2 aromatic rings. The number of nitriles is 1. The average Bonchev–Trinajstić information content (AvgIpc) is 3.45. The van der Waals surface area contributed by atoms with Gasteiger partial charge in [-0.1, -0.05) is 60.7 Å². The fraction of sp³-hybridized carbons (Fsp3) is 0.481. The van der Waals surface area contributed by atoms with Gasteiger partial charge in [-0.25, -0.2) is 0 Å². The molecule has 0 aliphatic carbocycles. The molecular formula is C27H35N3O2. The molecule has 0 amide bonds. The van der Waals surface area contributed by atoms with Crippen LogP contribution in [0.1, 0.15) is 49.7 Å². The largest absolute Gasteiger partial charge is 0.469 e. The molecule has 2 aromatic carbocycles. The Morgan fingerprint density at radius 1 is 0.906 bits per heavy atom. The SMILES string of the molecule is COC(=O)C[C@@H]1CCCN1Cc1ccccc1.N#CC[C@@H]1CCCN1Cc1ccccc1. The number of carbonyl (C=O) groups is 1. The van der Waals surface area contributed by atoms with E-state index < -0.39 is 0 Å². The number of methoxy groups -OCH3 is 1. The molecule has 0 aromatic heterocycles. The summed E-state index contributed by atoms with van der Waals surface area (Å²) in [7, 11) is 1.46. The zero-order valence-corrected chi connectivity index (χ0v) is 19.2. The van der Waals surface area contributed by atoms with Crippen LogP contribution in [0.5, 0.6) is 0 Å². The molecule has 170 valence electrons. The molecule has 2 fully saturated rings. The highest BCUT2D eigenvalue weighted by Gasteiger charge is 2.27. The molecule has 5 nitrogen and oxygen atoms in total. The zero-order valence-electron chi connectivity index (χ0n) is 19.2. The second kappa shape index (κ2) is 13.0. The van der Waals surface area contributed by atoms with Gasteiger partial charge in [0, 0.05) is 25.2 Å². The minimum absolute atomic E-state index is 0.102. The van der Waals surface area contributed by atoms with Crippen LogP contribution < -0.4 is 0 Å². The standard InChI is InChI=1S/C14H19NO2.C13H16N2/c1-17-14(16)10-13-8-5-9-15(13)11-12-6-3-2-4-7-12;14-9-8-13-7-4-10-15(13)11-12-5-2-1-3-6-12/h2-4,6-7,13H,5,8-11H2,1H3;1-3,5-6,13H,4,7-8,10-11H2/t2*13-/m00/s1. The number of benzene rings is 2. The van der Waals surface area contributed by atoms with E-state index in [1.54, 1.807) is 0 Å². The lowest BCUT2D eigenvalue weighted by atomic mass is 10.1. The van der Waals surface area contributed by atoms with E-state index >= 15 is 0 Å². The summed E-state index contributed by atoms with van der Waals surface area (Å²) in [5.41, 5.74) is 2.66. The fourth-order valence-electron chi connectivity index (χ4n) is 4.69. The van der Waals surface area contributed by atoms with Crippen LogP contribution in [0.2, 0.25) is 0 Å². The lowest BCUT2D eigenvalue weighted by molar-refractivity contribution is -0.141. The Kier molecular flexibility index (Phi) is 9.74. The minimum Gasteiger partial charge on any atom is -0.469 e. The Morgan fingerprint density at radius 3 is 1.91 bits per heavy atom. The Bertz CT molecular complexity index is 850. The number of carbonyl (C=O) groups excluding carboxylic acids is 1. The summed E-state index contributed by atoms with van der Waals surface area (Å²) in [6.07, 6.45) is 5.88. The molecule has 2 atom stereocenters. The average molecular weight is 434 g/mol.